The van der Waals surface area contributed by atoms with E-state index in [0.29, 0.717) is 0 Å². The first-order chi connectivity index (χ1) is 18.1. The lowest BCUT2D eigenvalue weighted by molar-refractivity contribution is 0.177. The Morgan fingerprint density at radius 3 is 3.33 bits per heavy atom. The average Bonchev–Trinajstić information content (AvgIpc) is 3.12. The summed E-state index contributed by atoms with van der Waals surface area (Å²) >= 11 is 0. The number of rotatable bonds is 5. The molecule has 1 amide bonds. The van der Waals surface area contributed by atoms with Gasteiger partial charge in [0.2, 0.25) is 0 Å². The quantitative estimate of drug-likeness (QED) is 0.887. The van der Waals surface area contributed by atoms with E-state index in [1.165, 1.54) is 0 Å². The van der Waals surface area contributed by atoms with E-state index >= 15 is 0 Å². The number of hydrogen-bond acceptors (Lipinski definition) is 3. The minimum Gasteiger partial charge on any atom is -0.447 e. The smallest absolute Gasteiger partial charge is 0.407 e. The second-order valence-corrected chi connectivity index (χ2v) is 3.81. The molecule has 0 aliphatic carbocycles. The number of alkyl carbamates (subject to hydrolysis) is 1. The van der Waals surface area contributed by atoms with E-state index in [0.717, 1.165) is 0 Å². The molecule has 112 valence electrons. The van der Waals surface area contributed by atoms with Crippen LogP contribution in [0.15, 0.2) is 24.3 Å². The molecule has 0 bridgehead atoms. The van der Waals surface area contributed by atoms with Crippen molar-refractivity contribution in [3.8, 4) is 0 Å². The van der Waals surface area contributed by atoms with Crippen molar-refractivity contribution in [3.05, 3.63) is 35.4 Å². The molecule has 3 rings (SSSR count). The monoisotopic (exact) mass is 307 g/mol. The number of amides is 1. The number of fused-ring (bicyclic) bond motifs is 1. The van der Waals surface area contributed by atoms with Crippen LogP contribution in [-0.2, 0) is 17.5 Å². The molecule has 1 aromatic heterocycles. The van der Waals surface area contributed by atoms with Gasteiger partial charge in [-0.25, -0.2) is 4.79 Å². The average molecular weight is 307 g/mol. The highest BCUT2D eigenvalue weighted by Gasteiger charge is 2.22. The fraction of sp³-hybridized carbons (Fsp3) is 0.438. The SMILES string of the molecule is [2H]c1c(C([2H])([2H])[C@@H]2N([2H])C(=O)OC2([2H])[2H])c([2H])c2c(C([2H])([2H])C([2H])([2H])N(C([2H])([2H])[2H])C([2H])([2H])[2H])c([2H])n([2H])c2c1[2H]. The van der Waals surface area contributed by atoms with Gasteiger partial charge < -0.3 is 19.9 Å². The maximum atomic E-state index is 11.8. The highest BCUT2D eigenvalue weighted by atomic mass is 16.6. The number of cyclic esters (lactones) is 1. The standard InChI is InChI=1S/C16H21N3O2/c1-19(2)6-5-12-9-17-15-4-3-11(8-14(12)15)7-13-10-21-16(20)18-13/h3-4,8-9,13,17H,5-7,10H2,1-2H3,(H,18,20)/t13-/m0/s1/i1D3,2D3,3D,4D,5D2,6D2,7D2,8D,9D,10D2/hD2. The van der Waals surface area contributed by atoms with Crippen LogP contribution in [0.3, 0.4) is 0 Å². The largest absolute Gasteiger partial charge is 0.447 e. The van der Waals surface area contributed by atoms with Gasteiger partial charge in [-0.1, -0.05) is 6.04 Å². The van der Waals surface area contributed by atoms with Crippen LogP contribution in [0, 0.1) is 0 Å². The second-order valence-electron chi connectivity index (χ2n) is 3.81. The summed E-state index contributed by atoms with van der Waals surface area (Å²) in [6, 6.07) is -6.12. The zero-order chi connectivity index (χ0) is 32.2. The zero-order valence-electron chi connectivity index (χ0n) is 30.2. The molecule has 0 radical (unpaired) electrons. The molecule has 2 aromatic rings. The summed E-state index contributed by atoms with van der Waals surface area (Å²) in [5.74, 6) is 0. The molecule has 2 heterocycles. The lowest BCUT2D eigenvalue weighted by Crippen LogP contribution is -2.28. The third-order valence-corrected chi connectivity index (χ3v) is 2.39. The van der Waals surface area contributed by atoms with Gasteiger partial charge >= 0.3 is 6.09 Å². The summed E-state index contributed by atoms with van der Waals surface area (Å²) in [5.41, 5.74) is -3.48. The van der Waals surface area contributed by atoms with Crippen LogP contribution < -0.4 is 5.31 Å². The number of carbonyl (C=O) groups is 1. The van der Waals surface area contributed by atoms with Gasteiger partial charge in [0, 0.05) is 40.0 Å². The van der Waals surface area contributed by atoms with Crippen molar-refractivity contribution < 1.29 is 37.0 Å². The Morgan fingerprint density at radius 2 is 2.57 bits per heavy atom. The van der Waals surface area contributed by atoms with Gasteiger partial charge in [-0.05, 0) is 49.9 Å². The minimum absolute atomic E-state index is 0.0103. The number of carbonyl (C=O) groups excluding carboxylic acids is 1. The molecule has 5 heteroatoms. The molecular weight excluding hydrogens is 266 g/mol. The van der Waals surface area contributed by atoms with Crippen molar-refractivity contribution in [1.29, 1.82) is 0 Å². The number of likely N-dealkylation sites (N-methyl/N-ethyl adjacent to an activating group) is 1. The number of H-pyrrole nitrogens is 1. The van der Waals surface area contributed by atoms with E-state index in [1.807, 2.05) is 0 Å². The van der Waals surface area contributed by atoms with Crippen LogP contribution in [-0.4, -0.2) is 49.0 Å². The molecule has 1 saturated heterocycles. The Morgan fingerprint density at radius 1 is 1.67 bits per heavy atom. The fourth-order valence-electron chi connectivity index (χ4n) is 1.57. The van der Waals surface area contributed by atoms with Crippen molar-refractivity contribution >= 4 is 17.0 Å². The molecule has 5 nitrogen and oxygen atoms in total. The molecular formula is C16H21N3O2. The van der Waals surface area contributed by atoms with Crippen molar-refractivity contribution in [2.75, 3.05) is 27.0 Å². The highest BCUT2D eigenvalue weighted by molar-refractivity contribution is 5.84. The van der Waals surface area contributed by atoms with Crippen molar-refractivity contribution in [1.82, 2.24) is 15.2 Å². The van der Waals surface area contributed by atoms with Gasteiger partial charge in [0.05, 0.1) is 14.3 Å². The summed E-state index contributed by atoms with van der Waals surface area (Å²) in [6.07, 6.45) is -10.3. The first-order valence-electron chi connectivity index (χ1n) is 15.4. The number of aromatic amines is 1. The lowest BCUT2D eigenvalue weighted by atomic mass is 10.0. The Balaban J connectivity index is 2.49. The molecule has 2 N–H and O–H groups in total. The predicted octanol–water partition coefficient (Wildman–Crippen LogP) is 1.92. The third kappa shape index (κ3) is 3.19. The summed E-state index contributed by atoms with van der Waals surface area (Å²) in [6.45, 7) is -14.9. The Labute approximate surface area is 152 Å². The van der Waals surface area contributed by atoms with Gasteiger partial charge in [0.1, 0.15) is 6.56 Å². The minimum atomic E-state index is -4.05. The van der Waals surface area contributed by atoms with Gasteiger partial charge in [-0.15, -0.1) is 0 Å². The van der Waals surface area contributed by atoms with Gasteiger partial charge in [-0.3, -0.25) is 0 Å². The molecule has 1 fully saturated rings. The van der Waals surface area contributed by atoms with Crippen LogP contribution in [0.4, 0.5) is 4.79 Å². The second kappa shape index (κ2) is 5.77. The van der Waals surface area contributed by atoms with E-state index in [-0.39, 0.29) is 10.3 Å². The van der Waals surface area contributed by atoms with E-state index in [9.17, 15) is 4.79 Å². The van der Waals surface area contributed by atoms with E-state index < -0.39 is 103 Å². The number of nitrogens with zero attached hydrogens (tertiary/aromatic N) is 1. The van der Waals surface area contributed by atoms with Gasteiger partial charge in [-0.2, -0.15) is 0 Å². The number of nitrogens with one attached hydrogen (secondary N) is 2. The van der Waals surface area contributed by atoms with Crippen LogP contribution in [0.1, 0.15) is 35.8 Å². The van der Waals surface area contributed by atoms with Crippen LogP contribution in [0.25, 0.3) is 10.9 Å². The molecule has 1 aliphatic rings. The maximum Gasteiger partial charge on any atom is 0.407 e. The lowest BCUT2D eigenvalue weighted by Gasteiger charge is -2.09. The molecule has 0 saturated carbocycles. The summed E-state index contributed by atoms with van der Waals surface area (Å²) < 4.78 is 165. The first-order valence-corrected chi connectivity index (χ1v) is 5.54. The van der Waals surface area contributed by atoms with E-state index in [1.54, 1.807) is 0 Å². The maximum absolute atomic E-state index is 11.8. The summed E-state index contributed by atoms with van der Waals surface area (Å²) in [5, 5.41) is -1.31. The van der Waals surface area contributed by atoms with Crippen LogP contribution >= 0.6 is 0 Å². The predicted molar refractivity (Wildman–Crippen MR) is 82.5 cm³/mol. The first kappa shape index (κ1) is 3.66. The third-order valence-electron chi connectivity index (χ3n) is 2.39. The Hall–Kier alpha value is -2.01. The Kier molecular flexibility index (Phi) is 1.01. The summed E-state index contributed by atoms with van der Waals surface area (Å²) in [7, 11) is 0. The number of aryl methyl sites for hydroxylation is 1. The van der Waals surface area contributed by atoms with E-state index in [4.69, 9.17) is 27.5 Å². The highest BCUT2D eigenvalue weighted by Crippen LogP contribution is 2.21. The Bertz CT molecular complexity index is 1390. The molecule has 21 heavy (non-hydrogen) atoms. The fourth-order valence-corrected chi connectivity index (χ4v) is 1.57. The van der Waals surface area contributed by atoms with Crippen molar-refractivity contribution in [3.63, 3.8) is 0 Å². The number of hydrogen-bond donors (Lipinski definition) is 2. The molecule has 1 atom stereocenters. The summed E-state index contributed by atoms with van der Waals surface area (Å²) in [4.78, 5) is 11.1. The molecule has 1 aliphatic heterocycles. The number of ether oxygens (including phenoxy) is 1. The zero-order valence-corrected chi connectivity index (χ0v) is 10.2. The van der Waals surface area contributed by atoms with E-state index in [2.05, 4.69) is 4.74 Å². The normalized spacial score (nSPS) is 38.2. The van der Waals surface area contributed by atoms with Crippen molar-refractivity contribution in [2.45, 2.75) is 18.8 Å². The van der Waals surface area contributed by atoms with Crippen LogP contribution in [0.2, 0.25) is 2.82 Å². The van der Waals surface area contributed by atoms with Crippen molar-refractivity contribution in [2.24, 2.45) is 0 Å². The molecule has 0 unspecified atom stereocenters. The number of benzene rings is 1. The van der Waals surface area contributed by atoms with Crippen LogP contribution in [0.5, 0.6) is 0 Å². The topological polar surface area (TPSA) is 57.4 Å². The van der Waals surface area contributed by atoms with Gasteiger partial charge in [0.25, 0.3) is 0 Å². The molecule has 0 spiro atoms. The molecule has 1 aromatic carbocycles. The van der Waals surface area contributed by atoms with Gasteiger partial charge in [0.15, 0.2) is 2.82 Å². The number of aromatic nitrogens is 1.